The Bertz CT molecular complexity index is 479. The van der Waals surface area contributed by atoms with Crippen LogP contribution in [0.25, 0.3) is 0 Å². The molecule has 2 unspecified atom stereocenters. The molecule has 0 saturated carbocycles. The van der Waals surface area contributed by atoms with Gasteiger partial charge in [0.2, 0.25) is 5.91 Å². The molecule has 1 amide bonds. The van der Waals surface area contributed by atoms with E-state index in [1.807, 2.05) is 0 Å². The number of hydrogen-bond acceptors (Lipinski definition) is 3. The van der Waals surface area contributed by atoms with Gasteiger partial charge in [-0.3, -0.25) is 4.79 Å². The Labute approximate surface area is 118 Å². The van der Waals surface area contributed by atoms with Crippen LogP contribution in [0.5, 0.6) is 5.75 Å². The highest BCUT2D eigenvalue weighted by molar-refractivity contribution is 5.95. The second-order valence-electron chi connectivity index (χ2n) is 5.14. The van der Waals surface area contributed by atoms with Crippen LogP contribution in [0.15, 0.2) is 18.2 Å². The van der Waals surface area contributed by atoms with Gasteiger partial charge in [-0.25, -0.2) is 4.39 Å². The molecule has 1 heterocycles. The summed E-state index contributed by atoms with van der Waals surface area (Å²) in [6, 6.07) is 4.06. The Kier molecular flexibility index (Phi) is 4.95. The van der Waals surface area contributed by atoms with Crippen LogP contribution in [0, 0.1) is 11.7 Å². The fourth-order valence-electron chi connectivity index (χ4n) is 2.51. The van der Waals surface area contributed by atoms with Crippen LogP contribution in [-0.2, 0) is 4.79 Å². The molecule has 1 aliphatic rings. The molecule has 1 aliphatic heterocycles. The second kappa shape index (κ2) is 6.70. The Morgan fingerprint density at radius 1 is 1.55 bits per heavy atom. The van der Waals surface area contributed by atoms with E-state index in [1.54, 1.807) is 0 Å². The molecule has 4 nitrogen and oxygen atoms in total. The van der Waals surface area contributed by atoms with Crippen LogP contribution >= 0.6 is 0 Å². The highest BCUT2D eigenvalue weighted by Crippen LogP contribution is 2.23. The second-order valence-corrected chi connectivity index (χ2v) is 5.14. The smallest absolute Gasteiger partial charge is 0.241 e. The third-order valence-electron chi connectivity index (χ3n) is 3.84. The number of ether oxygens (including phenoxy) is 1. The number of benzene rings is 1. The highest BCUT2D eigenvalue weighted by Gasteiger charge is 2.26. The normalized spacial score (nSPS) is 22.4. The first-order chi connectivity index (χ1) is 9.63. The van der Waals surface area contributed by atoms with Gasteiger partial charge < -0.3 is 15.4 Å². The molecule has 2 atom stereocenters. The third-order valence-corrected chi connectivity index (χ3v) is 3.84. The van der Waals surface area contributed by atoms with Crippen molar-refractivity contribution >= 4 is 11.6 Å². The van der Waals surface area contributed by atoms with E-state index in [0.717, 1.165) is 25.8 Å². The van der Waals surface area contributed by atoms with Gasteiger partial charge in [0, 0.05) is 6.07 Å². The number of nitrogens with one attached hydrogen (secondary N) is 2. The summed E-state index contributed by atoms with van der Waals surface area (Å²) < 4.78 is 18.7. The van der Waals surface area contributed by atoms with E-state index in [1.165, 1.54) is 25.3 Å². The van der Waals surface area contributed by atoms with E-state index < -0.39 is 5.82 Å². The zero-order valence-corrected chi connectivity index (χ0v) is 11.9. The summed E-state index contributed by atoms with van der Waals surface area (Å²) in [6.07, 6.45) is 2.96. The number of piperidine rings is 1. The van der Waals surface area contributed by atoms with Crippen molar-refractivity contribution in [3.8, 4) is 5.75 Å². The average molecular weight is 280 g/mol. The molecule has 110 valence electrons. The summed E-state index contributed by atoms with van der Waals surface area (Å²) in [6.45, 7) is 2.96. The maximum absolute atomic E-state index is 13.7. The van der Waals surface area contributed by atoms with Gasteiger partial charge in [0.05, 0.1) is 18.8 Å². The van der Waals surface area contributed by atoms with Gasteiger partial charge in [-0.2, -0.15) is 0 Å². The van der Waals surface area contributed by atoms with E-state index in [9.17, 15) is 9.18 Å². The van der Waals surface area contributed by atoms with E-state index in [-0.39, 0.29) is 17.6 Å². The fraction of sp³-hybridized carbons (Fsp3) is 0.533. The monoisotopic (exact) mass is 280 g/mol. The molecule has 2 rings (SSSR count). The number of halogens is 1. The van der Waals surface area contributed by atoms with Crippen molar-refractivity contribution in [1.82, 2.24) is 5.32 Å². The van der Waals surface area contributed by atoms with Gasteiger partial charge >= 0.3 is 0 Å². The van der Waals surface area contributed by atoms with Gasteiger partial charge in [-0.05, 0) is 37.4 Å². The number of carbonyl (C=O) groups is 1. The Morgan fingerprint density at radius 3 is 3.05 bits per heavy atom. The number of anilines is 1. The summed E-state index contributed by atoms with van der Waals surface area (Å²) in [5.74, 6) is 0.434. The Hall–Kier alpha value is -1.62. The Balaban J connectivity index is 2.03. The number of rotatable bonds is 4. The number of amides is 1. The Morgan fingerprint density at radius 2 is 2.35 bits per heavy atom. The van der Waals surface area contributed by atoms with Crippen molar-refractivity contribution in [2.45, 2.75) is 32.2 Å². The molecule has 1 fully saturated rings. The summed E-state index contributed by atoms with van der Waals surface area (Å²) in [7, 11) is 1.51. The van der Waals surface area contributed by atoms with Crippen LogP contribution in [-0.4, -0.2) is 25.6 Å². The molecule has 0 bridgehead atoms. The minimum absolute atomic E-state index is 0.162. The van der Waals surface area contributed by atoms with Crippen LogP contribution in [0.1, 0.15) is 26.2 Å². The van der Waals surface area contributed by atoms with Crippen molar-refractivity contribution in [3.05, 3.63) is 24.0 Å². The summed E-state index contributed by atoms with van der Waals surface area (Å²) in [4.78, 5) is 12.2. The third kappa shape index (κ3) is 3.48. The van der Waals surface area contributed by atoms with E-state index in [0.29, 0.717) is 11.7 Å². The summed E-state index contributed by atoms with van der Waals surface area (Å²) >= 11 is 0. The summed E-state index contributed by atoms with van der Waals surface area (Å²) in [5, 5.41) is 5.83. The van der Waals surface area contributed by atoms with Gasteiger partial charge in [0.15, 0.2) is 0 Å². The van der Waals surface area contributed by atoms with Crippen molar-refractivity contribution in [1.29, 1.82) is 0 Å². The molecule has 5 heteroatoms. The SMILES string of the molecule is CCC1CCNC(C(=O)Nc2cc(OC)ccc2F)C1. The maximum atomic E-state index is 13.7. The lowest BCUT2D eigenvalue weighted by Gasteiger charge is -2.28. The molecular formula is C15H21FN2O2. The summed E-state index contributed by atoms with van der Waals surface area (Å²) in [5.41, 5.74) is 0.162. The van der Waals surface area contributed by atoms with Gasteiger partial charge in [0.1, 0.15) is 11.6 Å². The topological polar surface area (TPSA) is 50.4 Å². The van der Waals surface area contributed by atoms with Crippen molar-refractivity contribution in [2.75, 3.05) is 19.0 Å². The molecular weight excluding hydrogens is 259 g/mol. The van der Waals surface area contributed by atoms with Crippen molar-refractivity contribution in [2.24, 2.45) is 5.92 Å². The molecule has 0 aromatic heterocycles. The van der Waals surface area contributed by atoms with Gasteiger partial charge in [0.25, 0.3) is 0 Å². The first-order valence-electron chi connectivity index (χ1n) is 7.01. The molecule has 0 radical (unpaired) electrons. The first-order valence-corrected chi connectivity index (χ1v) is 7.01. The van der Waals surface area contributed by atoms with Gasteiger partial charge in [-0.15, -0.1) is 0 Å². The predicted octanol–water partition coefficient (Wildman–Crippen LogP) is 2.55. The molecule has 1 aromatic rings. The lowest BCUT2D eigenvalue weighted by atomic mass is 9.90. The average Bonchev–Trinajstić information content (AvgIpc) is 2.49. The quantitative estimate of drug-likeness (QED) is 0.891. The largest absolute Gasteiger partial charge is 0.497 e. The number of methoxy groups -OCH3 is 1. The maximum Gasteiger partial charge on any atom is 0.241 e. The first kappa shape index (κ1) is 14.8. The van der Waals surface area contributed by atoms with Crippen LogP contribution < -0.4 is 15.4 Å². The van der Waals surface area contributed by atoms with E-state index in [4.69, 9.17) is 4.74 Å². The van der Waals surface area contributed by atoms with E-state index in [2.05, 4.69) is 17.6 Å². The van der Waals surface area contributed by atoms with Gasteiger partial charge in [-0.1, -0.05) is 13.3 Å². The molecule has 1 aromatic carbocycles. The molecule has 20 heavy (non-hydrogen) atoms. The fourth-order valence-corrected chi connectivity index (χ4v) is 2.51. The van der Waals surface area contributed by atoms with E-state index >= 15 is 0 Å². The van der Waals surface area contributed by atoms with Crippen molar-refractivity contribution < 1.29 is 13.9 Å². The zero-order valence-electron chi connectivity index (χ0n) is 11.9. The highest BCUT2D eigenvalue weighted by atomic mass is 19.1. The molecule has 0 spiro atoms. The predicted molar refractivity (Wildman–Crippen MR) is 76.4 cm³/mol. The number of carbonyl (C=O) groups excluding carboxylic acids is 1. The minimum atomic E-state index is -0.456. The number of hydrogen-bond donors (Lipinski definition) is 2. The lowest BCUT2D eigenvalue weighted by Crippen LogP contribution is -2.46. The molecule has 1 saturated heterocycles. The van der Waals surface area contributed by atoms with Crippen LogP contribution in [0.2, 0.25) is 0 Å². The standard InChI is InChI=1S/C15H21FN2O2/c1-3-10-6-7-17-14(8-10)15(19)18-13-9-11(20-2)4-5-12(13)16/h4-5,9-10,14,17H,3,6-8H2,1-2H3,(H,18,19). The minimum Gasteiger partial charge on any atom is -0.497 e. The van der Waals surface area contributed by atoms with Crippen LogP contribution in [0.4, 0.5) is 10.1 Å². The lowest BCUT2D eigenvalue weighted by molar-refractivity contribution is -0.119. The van der Waals surface area contributed by atoms with Crippen LogP contribution in [0.3, 0.4) is 0 Å². The molecule has 0 aliphatic carbocycles. The molecule has 2 N–H and O–H groups in total. The zero-order chi connectivity index (χ0) is 14.5. The van der Waals surface area contributed by atoms with Crippen molar-refractivity contribution in [3.63, 3.8) is 0 Å².